The van der Waals surface area contributed by atoms with Gasteiger partial charge in [0.25, 0.3) is 5.91 Å². The van der Waals surface area contributed by atoms with Crippen molar-refractivity contribution in [3.8, 4) is 11.5 Å². The maximum absolute atomic E-state index is 12.0. The Hall–Kier alpha value is -1.75. The molecule has 0 heterocycles. The summed E-state index contributed by atoms with van der Waals surface area (Å²) in [6.07, 6.45) is 1.14. The lowest BCUT2D eigenvalue weighted by Gasteiger charge is -2.19. The van der Waals surface area contributed by atoms with Crippen molar-refractivity contribution in [2.24, 2.45) is 0 Å². The van der Waals surface area contributed by atoms with E-state index in [-0.39, 0.29) is 18.6 Å². The van der Waals surface area contributed by atoms with Gasteiger partial charge in [0.2, 0.25) is 0 Å². The van der Waals surface area contributed by atoms with E-state index in [4.69, 9.17) is 9.47 Å². The SMILES string of the molecule is CCN(CC)C(=O)COc1ccc(CCC(C)O)cc1OC. The summed E-state index contributed by atoms with van der Waals surface area (Å²) in [4.78, 5) is 13.7. The third kappa shape index (κ3) is 5.56. The van der Waals surface area contributed by atoms with E-state index in [0.29, 0.717) is 31.0 Å². The average molecular weight is 309 g/mol. The van der Waals surface area contributed by atoms with Gasteiger partial charge >= 0.3 is 0 Å². The average Bonchev–Trinajstić information content (AvgIpc) is 2.52. The number of rotatable bonds is 9. The van der Waals surface area contributed by atoms with Gasteiger partial charge in [0, 0.05) is 13.1 Å². The highest BCUT2D eigenvalue weighted by Crippen LogP contribution is 2.28. The van der Waals surface area contributed by atoms with E-state index in [1.54, 1.807) is 18.9 Å². The lowest BCUT2D eigenvalue weighted by molar-refractivity contribution is -0.132. The van der Waals surface area contributed by atoms with Crippen molar-refractivity contribution in [2.75, 3.05) is 26.8 Å². The van der Waals surface area contributed by atoms with Gasteiger partial charge in [-0.1, -0.05) is 6.07 Å². The second kappa shape index (κ2) is 9.30. The molecule has 0 spiro atoms. The van der Waals surface area contributed by atoms with E-state index in [1.807, 2.05) is 32.0 Å². The largest absolute Gasteiger partial charge is 0.493 e. The summed E-state index contributed by atoms with van der Waals surface area (Å²) in [7, 11) is 1.58. The molecule has 0 saturated carbocycles. The summed E-state index contributed by atoms with van der Waals surface area (Å²) < 4.78 is 10.9. The number of hydrogen-bond acceptors (Lipinski definition) is 4. The van der Waals surface area contributed by atoms with E-state index in [2.05, 4.69) is 0 Å². The summed E-state index contributed by atoms with van der Waals surface area (Å²) in [6, 6.07) is 5.63. The van der Waals surface area contributed by atoms with Crippen LogP contribution in [-0.4, -0.2) is 48.8 Å². The second-order valence-corrected chi connectivity index (χ2v) is 5.23. The molecule has 5 heteroatoms. The number of benzene rings is 1. The number of ether oxygens (including phenoxy) is 2. The van der Waals surface area contributed by atoms with Crippen molar-refractivity contribution in [1.29, 1.82) is 0 Å². The number of likely N-dealkylation sites (N-methyl/N-ethyl adjacent to an activating group) is 1. The van der Waals surface area contributed by atoms with Gasteiger partial charge in [-0.3, -0.25) is 4.79 Å². The molecule has 0 aromatic heterocycles. The molecule has 0 fully saturated rings. The van der Waals surface area contributed by atoms with E-state index in [0.717, 1.165) is 12.0 Å². The molecular formula is C17H27NO4. The molecule has 0 aliphatic rings. The van der Waals surface area contributed by atoms with Crippen LogP contribution in [0.5, 0.6) is 11.5 Å². The van der Waals surface area contributed by atoms with Crippen LogP contribution in [0.4, 0.5) is 0 Å². The first-order chi connectivity index (χ1) is 10.5. The Kier molecular flexibility index (Phi) is 7.74. The smallest absolute Gasteiger partial charge is 0.260 e. The quantitative estimate of drug-likeness (QED) is 0.760. The summed E-state index contributed by atoms with van der Waals surface area (Å²) in [5.74, 6) is 1.13. The number of aryl methyl sites for hydroxylation is 1. The number of methoxy groups -OCH3 is 1. The number of hydrogen-bond donors (Lipinski definition) is 1. The highest BCUT2D eigenvalue weighted by molar-refractivity contribution is 5.77. The van der Waals surface area contributed by atoms with Crippen molar-refractivity contribution in [3.05, 3.63) is 23.8 Å². The molecule has 5 nitrogen and oxygen atoms in total. The zero-order valence-corrected chi connectivity index (χ0v) is 14.0. The molecule has 22 heavy (non-hydrogen) atoms. The fourth-order valence-corrected chi connectivity index (χ4v) is 2.17. The molecule has 1 rings (SSSR count). The minimum Gasteiger partial charge on any atom is -0.493 e. The predicted octanol–water partition coefficient (Wildman–Crippen LogP) is 2.26. The first-order valence-electron chi connectivity index (χ1n) is 7.77. The summed E-state index contributed by atoms with van der Waals surface area (Å²) in [5, 5.41) is 9.34. The maximum Gasteiger partial charge on any atom is 0.260 e. The van der Waals surface area contributed by atoms with Crippen LogP contribution in [0.1, 0.15) is 32.8 Å². The van der Waals surface area contributed by atoms with Crippen LogP contribution >= 0.6 is 0 Å². The number of carbonyl (C=O) groups is 1. The Bertz CT molecular complexity index is 470. The van der Waals surface area contributed by atoms with Gasteiger partial charge in [-0.2, -0.15) is 0 Å². The highest BCUT2D eigenvalue weighted by atomic mass is 16.5. The maximum atomic E-state index is 12.0. The Labute approximate surface area is 132 Å². The van der Waals surface area contributed by atoms with Crippen LogP contribution in [0, 0.1) is 0 Å². The minimum atomic E-state index is -0.325. The number of carbonyl (C=O) groups excluding carboxylic acids is 1. The van der Waals surface area contributed by atoms with Crippen molar-refractivity contribution in [2.45, 2.75) is 39.7 Å². The molecule has 1 amide bonds. The fourth-order valence-electron chi connectivity index (χ4n) is 2.17. The monoisotopic (exact) mass is 309 g/mol. The Morgan fingerprint density at radius 2 is 1.95 bits per heavy atom. The molecule has 0 radical (unpaired) electrons. The van der Waals surface area contributed by atoms with Crippen molar-refractivity contribution in [1.82, 2.24) is 4.90 Å². The Morgan fingerprint density at radius 1 is 1.27 bits per heavy atom. The molecule has 1 N–H and O–H groups in total. The molecule has 0 saturated heterocycles. The van der Waals surface area contributed by atoms with Crippen LogP contribution in [0.25, 0.3) is 0 Å². The summed E-state index contributed by atoms with van der Waals surface area (Å²) in [5.41, 5.74) is 1.07. The van der Waals surface area contributed by atoms with E-state index >= 15 is 0 Å². The second-order valence-electron chi connectivity index (χ2n) is 5.23. The molecule has 0 bridgehead atoms. The molecule has 1 aromatic carbocycles. The van der Waals surface area contributed by atoms with Gasteiger partial charge in [0.1, 0.15) is 0 Å². The molecule has 1 aromatic rings. The Morgan fingerprint density at radius 3 is 2.50 bits per heavy atom. The van der Waals surface area contributed by atoms with Crippen LogP contribution < -0.4 is 9.47 Å². The number of aliphatic hydroxyl groups excluding tert-OH is 1. The van der Waals surface area contributed by atoms with E-state index < -0.39 is 0 Å². The minimum absolute atomic E-state index is 0.00502. The highest BCUT2D eigenvalue weighted by Gasteiger charge is 2.12. The third-order valence-electron chi connectivity index (χ3n) is 3.55. The Balaban J connectivity index is 2.68. The molecule has 1 unspecified atom stereocenters. The number of amides is 1. The van der Waals surface area contributed by atoms with Gasteiger partial charge in [-0.05, 0) is 51.3 Å². The molecule has 124 valence electrons. The van der Waals surface area contributed by atoms with E-state index in [9.17, 15) is 9.90 Å². The van der Waals surface area contributed by atoms with Gasteiger partial charge in [0.05, 0.1) is 13.2 Å². The van der Waals surface area contributed by atoms with Gasteiger partial charge in [0.15, 0.2) is 18.1 Å². The zero-order valence-electron chi connectivity index (χ0n) is 14.0. The first-order valence-corrected chi connectivity index (χ1v) is 7.77. The standard InChI is InChI=1S/C17H27NO4/c1-5-18(6-2)17(20)12-22-15-10-9-14(8-7-13(3)19)11-16(15)21-4/h9-11,13,19H,5-8,12H2,1-4H3. The van der Waals surface area contributed by atoms with Crippen molar-refractivity contribution in [3.63, 3.8) is 0 Å². The van der Waals surface area contributed by atoms with Crippen LogP contribution in [0.15, 0.2) is 18.2 Å². The fraction of sp³-hybridized carbons (Fsp3) is 0.588. The van der Waals surface area contributed by atoms with Crippen molar-refractivity contribution < 1.29 is 19.4 Å². The number of nitrogens with zero attached hydrogens (tertiary/aromatic N) is 1. The zero-order chi connectivity index (χ0) is 16.5. The summed E-state index contributed by atoms with van der Waals surface area (Å²) >= 11 is 0. The van der Waals surface area contributed by atoms with Crippen LogP contribution in [-0.2, 0) is 11.2 Å². The number of aliphatic hydroxyl groups is 1. The topological polar surface area (TPSA) is 59.0 Å². The van der Waals surface area contributed by atoms with Gasteiger partial charge in [-0.15, -0.1) is 0 Å². The van der Waals surface area contributed by atoms with E-state index in [1.165, 1.54) is 0 Å². The molecule has 1 atom stereocenters. The lowest BCUT2D eigenvalue weighted by atomic mass is 10.1. The molecular weight excluding hydrogens is 282 g/mol. The van der Waals surface area contributed by atoms with Crippen LogP contribution in [0.2, 0.25) is 0 Å². The van der Waals surface area contributed by atoms with Crippen LogP contribution in [0.3, 0.4) is 0 Å². The first kappa shape index (κ1) is 18.3. The molecule has 0 aliphatic carbocycles. The third-order valence-corrected chi connectivity index (χ3v) is 3.55. The van der Waals surface area contributed by atoms with Crippen molar-refractivity contribution >= 4 is 5.91 Å². The predicted molar refractivity (Wildman–Crippen MR) is 86.4 cm³/mol. The normalized spacial score (nSPS) is 11.9. The summed E-state index contributed by atoms with van der Waals surface area (Å²) in [6.45, 7) is 7.01. The lowest BCUT2D eigenvalue weighted by Crippen LogP contribution is -2.34. The van der Waals surface area contributed by atoms with Gasteiger partial charge < -0.3 is 19.5 Å². The van der Waals surface area contributed by atoms with Gasteiger partial charge in [-0.25, -0.2) is 0 Å². The molecule has 0 aliphatic heterocycles.